The molecule has 0 aliphatic carbocycles. The van der Waals surface area contributed by atoms with E-state index in [1.807, 2.05) is 11.9 Å². The Morgan fingerprint density at radius 2 is 2.33 bits per heavy atom. The first-order valence-electron chi connectivity index (χ1n) is 5.30. The summed E-state index contributed by atoms with van der Waals surface area (Å²) in [6.07, 6.45) is 1.03. The van der Waals surface area contributed by atoms with Crippen molar-refractivity contribution in [3.8, 4) is 0 Å². The van der Waals surface area contributed by atoms with Crippen LogP contribution in [0.2, 0.25) is 0 Å². The molecule has 3 nitrogen and oxygen atoms in total. The molecular weight excluding hydrogens is 208 g/mol. The Balaban J connectivity index is 2.33. The molecule has 0 aromatic heterocycles. The van der Waals surface area contributed by atoms with Gasteiger partial charge in [0.15, 0.2) is 0 Å². The van der Waals surface area contributed by atoms with Crippen LogP contribution >= 0.6 is 10.5 Å². The summed E-state index contributed by atoms with van der Waals surface area (Å²) in [7, 11) is 1.91. The molecule has 0 saturated carbocycles. The molecule has 4 heteroatoms. The molecule has 1 fully saturated rings. The third kappa shape index (κ3) is 1.39. The minimum Gasteiger partial charge on any atom is -0.306 e. The number of nitrogens with one attached hydrogen (secondary N) is 1. The molecule has 1 N–H and O–H groups in total. The summed E-state index contributed by atoms with van der Waals surface area (Å²) >= 11 is 0. The van der Waals surface area contributed by atoms with Crippen LogP contribution in [0.3, 0.4) is 0 Å². The van der Waals surface area contributed by atoms with E-state index in [-0.39, 0.29) is 22.4 Å². The predicted molar refractivity (Wildman–Crippen MR) is 66.1 cm³/mol. The number of hydrogen-bond acceptors (Lipinski definition) is 2. The number of likely N-dealkylation sites (N-methyl/N-ethyl adjacent to an activating group) is 1. The van der Waals surface area contributed by atoms with E-state index in [2.05, 4.69) is 25.0 Å². The summed E-state index contributed by atoms with van der Waals surface area (Å²) in [5.74, 6) is 5.48. The zero-order valence-electron chi connectivity index (χ0n) is 9.54. The van der Waals surface area contributed by atoms with Crippen molar-refractivity contribution in [1.29, 1.82) is 0 Å². The Kier molecular flexibility index (Phi) is 2.73. The van der Waals surface area contributed by atoms with E-state index < -0.39 is 0 Å². The van der Waals surface area contributed by atoms with Gasteiger partial charge in [0.25, 0.3) is 0 Å². The van der Waals surface area contributed by atoms with Gasteiger partial charge < -0.3 is 10.2 Å². The van der Waals surface area contributed by atoms with E-state index in [4.69, 9.17) is 0 Å². The number of nitrogens with zero attached hydrogens (tertiary/aromatic N) is 1. The van der Waals surface area contributed by atoms with Crippen molar-refractivity contribution in [1.82, 2.24) is 10.2 Å². The first kappa shape index (κ1) is 10.9. The van der Waals surface area contributed by atoms with Crippen molar-refractivity contribution in [3.05, 3.63) is 11.3 Å². The topological polar surface area (TPSA) is 32.3 Å². The van der Waals surface area contributed by atoms with Crippen molar-refractivity contribution in [2.75, 3.05) is 12.8 Å². The fraction of sp³-hybridized carbons (Fsp3) is 0.636. The Hall–Kier alpha value is -0.610. The first-order chi connectivity index (χ1) is 7.11. The van der Waals surface area contributed by atoms with Gasteiger partial charge in [-0.05, 0) is 26.0 Å². The lowest BCUT2D eigenvalue weighted by atomic mass is 10.0. The molecule has 1 amide bonds. The van der Waals surface area contributed by atoms with Crippen LogP contribution in [0.4, 0.5) is 0 Å². The van der Waals surface area contributed by atoms with Crippen LogP contribution in [0.15, 0.2) is 11.3 Å². The highest BCUT2D eigenvalue weighted by Crippen LogP contribution is 2.43. The van der Waals surface area contributed by atoms with Gasteiger partial charge >= 0.3 is 0 Å². The number of hydrogen-bond donors (Lipinski definition) is 1. The van der Waals surface area contributed by atoms with E-state index in [0.29, 0.717) is 5.37 Å². The Labute approximate surface area is 93.5 Å². The minimum absolute atomic E-state index is 0.000751. The third-order valence-corrected chi connectivity index (χ3v) is 5.24. The summed E-state index contributed by atoms with van der Waals surface area (Å²) in [5.41, 5.74) is 2.57. The van der Waals surface area contributed by atoms with E-state index in [1.54, 1.807) is 0 Å². The lowest BCUT2D eigenvalue weighted by molar-refractivity contribution is -0.142. The second-order valence-electron chi connectivity index (χ2n) is 4.09. The van der Waals surface area contributed by atoms with Crippen molar-refractivity contribution in [2.45, 2.75) is 31.7 Å². The van der Waals surface area contributed by atoms with Gasteiger partial charge in [0.05, 0.1) is 0 Å². The fourth-order valence-electron chi connectivity index (χ4n) is 2.37. The molecule has 2 aliphatic rings. The number of β-lactam (4-membered cyclic amide) rings is 1. The zero-order valence-corrected chi connectivity index (χ0v) is 10.4. The minimum atomic E-state index is -0.000751. The predicted octanol–water partition coefficient (Wildman–Crippen LogP) is 1.14. The normalized spacial score (nSPS) is 35.3. The number of allylic oxidation sites excluding steroid dienone is 1. The molecule has 2 aliphatic heterocycles. The van der Waals surface area contributed by atoms with Gasteiger partial charge in [-0.3, -0.25) is 4.79 Å². The molecule has 2 heterocycles. The summed E-state index contributed by atoms with van der Waals surface area (Å²) in [4.78, 5) is 13.8. The van der Waals surface area contributed by atoms with Crippen LogP contribution in [-0.4, -0.2) is 40.9 Å². The molecule has 0 spiro atoms. The highest BCUT2D eigenvalue weighted by atomic mass is 32.2. The zero-order chi connectivity index (χ0) is 11.2. The highest BCUT2D eigenvalue weighted by Gasteiger charge is 2.50. The summed E-state index contributed by atoms with van der Waals surface area (Å²) in [6, 6.07) is -0.000751. The lowest BCUT2D eigenvalue weighted by Gasteiger charge is -2.52. The Morgan fingerprint density at radius 3 is 2.87 bits per heavy atom. The molecule has 15 heavy (non-hydrogen) atoms. The SMILES string of the molecule is C=S1CC(CC)=C(C)N2C(=O)[C@@H](NC)[C@H]21. The highest BCUT2D eigenvalue weighted by molar-refractivity contribution is 8.14. The Morgan fingerprint density at radius 1 is 1.67 bits per heavy atom. The van der Waals surface area contributed by atoms with Crippen LogP contribution in [0.25, 0.3) is 0 Å². The van der Waals surface area contributed by atoms with E-state index in [1.165, 1.54) is 11.3 Å². The van der Waals surface area contributed by atoms with Gasteiger partial charge in [0.2, 0.25) is 5.91 Å². The second kappa shape index (κ2) is 3.76. The standard InChI is InChI=1S/C11H18N2OS/c1-5-8-6-15(4)11-9(12-3)10(14)13(11)7(8)2/h9,11-12H,4-6H2,1-3H3/t9-,11-,15?/m1/s1. The first-order valence-corrected chi connectivity index (χ1v) is 6.92. The van der Waals surface area contributed by atoms with Crippen molar-refractivity contribution >= 4 is 22.3 Å². The maximum Gasteiger partial charge on any atom is 0.247 e. The van der Waals surface area contributed by atoms with E-state index >= 15 is 0 Å². The molecule has 0 aromatic carbocycles. The quantitative estimate of drug-likeness (QED) is 0.566. The maximum absolute atomic E-state index is 11.9. The molecular formula is C11H18N2OS. The van der Waals surface area contributed by atoms with Crippen LogP contribution in [0, 0.1) is 0 Å². The monoisotopic (exact) mass is 226 g/mol. The van der Waals surface area contributed by atoms with Crippen LogP contribution in [0.5, 0.6) is 0 Å². The smallest absolute Gasteiger partial charge is 0.247 e. The average molecular weight is 226 g/mol. The maximum atomic E-state index is 11.9. The molecule has 84 valence electrons. The molecule has 3 atom stereocenters. The fourth-order valence-corrected chi connectivity index (χ4v) is 4.60. The molecule has 1 unspecified atom stereocenters. The average Bonchev–Trinajstić information content (AvgIpc) is 2.21. The van der Waals surface area contributed by atoms with Crippen LogP contribution in [0.1, 0.15) is 20.3 Å². The van der Waals surface area contributed by atoms with Gasteiger partial charge in [-0.1, -0.05) is 12.8 Å². The van der Waals surface area contributed by atoms with Crippen molar-refractivity contribution in [2.24, 2.45) is 0 Å². The Bertz CT molecular complexity index is 362. The largest absolute Gasteiger partial charge is 0.306 e. The van der Waals surface area contributed by atoms with Gasteiger partial charge in [0, 0.05) is 11.4 Å². The number of carbonyl (C=O) groups is 1. The van der Waals surface area contributed by atoms with Gasteiger partial charge in [0.1, 0.15) is 11.4 Å². The van der Waals surface area contributed by atoms with Crippen LogP contribution < -0.4 is 5.32 Å². The van der Waals surface area contributed by atoms with E-state index in [9.17, 15) is 4.79 Å². The lowest BCUT2D eigenvalue weighted by Crippen LogP contribution is -2.68. The number of carbonyl (C=O) groups excluding carboxylic acids is 1. The molecule has 0 aromatic rings. The van der Waals surface area contributed by atoms with Crippen molar-refractivity contribution in [3.63, 3.8) is 0 Å². The van der Waals surface area contributed by atoms with Gasteiger partial charge in [-0.25, -0.2) is 0 Å². The summed E-state index contributed by atoms with van der Waals surface area (Å²) < 4.78 is 0. The number of fused-ring (bicyclic) bond motifs is 1. The molecule has 2 rings (SSSR count). The summed E-state index contributed by atoms with van der Waals surface area (Å²) in [6.45, 7) is 4.21. The van der Waals surface area contributed by atoms with Gasteiger partial charge in [-0.2, -0.15) is 10.5 Å². The van der Waals surface area contributed by atoms with E-state index in [0.717, 1.165) is 12.2 Å². The van der Waals surface area contributed by atoms with Crippen molar-refractivity contribution < 1.29 is 4.79 Å². The third-order valence-electron chi connectivity index (χ3n) is 3.36. The molecule has 0 bridgehead atoms. The summed E-state index contributed by atoms with van der Waals surface area (Å²) in [5, 5.41) is 3.39. The molecule has 0 radical (unpaired) electrons. The second-order valence-corrected chi connectivity index (χ2v) is 5.94. The number of amides is 1. The van der Waals surface area contributed by atoms with Gasteiger partial charge in [-0.15, -0.1) is 0 Å². The molecule has 1 saturated heterocycles. The number of rotatable bonds is 2. The van der Waals surface area contributed by atoms with Crippen LogP contribution in [-0.2, 0) is 4.79 Å².